The number of nitrogen functional groups attached to an aromatic ring is 1. The molecular formula is C25H26F3N9O3. The maximum atomic E-state index is 13.6. The highest BCUT2D eigenvalue weighted by atomic mass is 19.4. The summed E-state index contributed by atoms with van der Waals surface area (Å²) in [6, 6.07) is 11.1. The zero-order valence-electron chi connectivity index (χ0n) is 21.5. The fourth-order valence-corrected chi connectivity index (χ4v) is 5.00. The smallest absolute Gasteiger partial charge is 0.406 e. The van der Waals surface area contributed by atoms with Gasteiger partial charge in [0.2, 0.25) is 11.8 Å². The number of hydrogen-bond acceptors (Lipinski definition) is 9. The molecule has 5 aromatic rings. The molecule has 210 valence electrons. The molecule has 0 aliphatic carbocycles. The van der Waals surface area contributed by atoms with Crippen LogP contribution in [-0.2, 0) is 13.1 Å². The average Bonchev–Trinajstić information content (AvgIpc) is 3.67. The molecule has 1 fully saturated rings. The van der Waals surface area contributed by atoms with Crippen molar-refractivity contribution in [2.45, 2.75) is 19.3 Å². The van der Waals surface area contributed by atoms with Gasteiger partial charge in [-0.2, -0.15) is 22.7 Å². The molecule has 40 heavy (non-hydrogen) atoms. The Hall–Kier alpha value is -4.53. The number of piperazine rings is 1. The minimum atomic E-state index is -4.65. The second-order valence-corrected chi connectivity index (χ2v) is 9.45. The molecule has 1 saturated heterocycles. The number of rotatable bonds is 7. The Labute approximate surface area is 225 Å². The van der Waals surface area contributed by atoms with Gasteiger partial charge in [-0.05, 0) is 36.4 Å². The van der Waals surface area contributed by atoms with Gasteiger partial charge in [-0.25, -0.2) is 9.78 Å². The summed E-state index contributed by atoms with van der Waals surface area (Å²) < 4.78 is 54.2. The number of benzene rings is 1. The highest BCUT2D eigenvalue weighted by Crippen LogP contribution is 2.26. The molecule has 12 nitrogen and oxygen atoms in total. The number of nitrogens with zero attached hydrogens (tertiary/aromatic N) is 8. The van der Waals surface area contributed by atoms with E-state index in [1.54, 1.807) is 19.2 Å². The van der Waals surface area contributed by atoms with Crippen molar-refractivity contribution in [2.75, 3.05) is 50.5 Å². The lowest BCUT2D eigenvalue weighted by molar-refractivity contribution is -0.140. The van der Waals surface area contributed by atoms with Crippen molar-refractivity contribution in [3.63, 3.8) is 0 Å². The van der Waals surface area contributed by atoms with Crippen molar-refractivity contribution in [3.05, 3.63) is 53.1 Å². The van der Waals surface area contributed by atoms with Crippen molar-refractivity contribution in [2.24, 2.45) is 0 Å². The van der Waals surface area contributed by atoms with Crippen LogP contribution in [0.2, 0.25) is 0 Å². The molecule has 0 amide bonds. The topological polar surface area (TPSA) is 125 Å². The van der Waals surface area contributed by atoms with Crippen LogP contribution in [0.25, 0.3) is 28.4 Å². The Morgan fingerprint density at radius 3 is 2.40 bits per heavy atom. The van der Waals surface area contributed by atoms with E-state index in [1.165, 1.54) is 10.8 Å². The Kier molecular flexibility index (Phi) is 6.37. The minimum absolute atomic E-state index is 0.0119. The number of alkyl halides is 3. The number of ether oxygens (including phenoxy) is 1. The van der Waals surface area contributed by atoms with Crippen LogP contribution in [0.3, 0.4) is 0 Å². The summed E-state index contributed by atoms with van der Waals surface area (Å²) in [6.07, 6.45) is -3.23. The quantitative estimate of drug-likeness (QED) is 0.321. The number of furan rings is 1. The van der Waals surface area contributed by atoms with E-state index in [9.17, 15) is 18.0 Å². The summed E-state index contributed by atoms with van der Waals surface area (Å²) in [6.45, 7) is 2.04. The van der Waals surface area contributed by atoms with Crippen LogP contribution >= 0.6 is 0 Å². The fraction of sp³-hybridized carbons (Fsp3) is 0.360. The maximum absolute atomic E-state index is 13.6. The third kappa shape index (κ3) is 4.72. The van der Waals surface area contributed by atoms with Crippen LogP contribution in [-0.4, -0.2) is 79.6 Å². The number of nitrogens with two attached hydrogens (primary N) is 1. The largest absolute Gasteiger partial charge is 0.497 e. The molecule has 0 radical (unpaired) electrons. The number of methoxy groups -OCH3 is 1. The van der Waals surface area contributed by atoms with Gasteiger partial charge in [0.1, 0.15) is 17.8 Å². The van der Waals surface area contributed by atoms with E-state index < -0.39 is 18.4 Å². The number of fused-ring (bicyclic) bond motifs is 3. The van der Waals surface area contributed by atoms with E-state index >= 15 is 0 Å². The summed E-state index contributed by atoms with van der Waals surface area (Å²) in [4.78, 5) is 26.4. The summed E-state index contributed by atoms with van der Waals surface area (Å²) in [5.41, 5.74) is 6.28. The first-order chi connectivity index (χ1) is 19.2. The van der Waals surface area contributed by atoms with Crippen molar-refractivity contribution >= 4 is 28.4 Å². The number of aromatic nitrogens is 6. The minimum Gasteiger partial charge on any atom is -0.497 e. The lowest BCUT2D eigenvalue weighted by Crippen LogP contribution is -2.47. The normalized spacial score (nSPS) is 14.9. The SMILES string of the molecule is COc1ccc(N2CCN(CCn3c(=O)n(CC(F)(F)F)c4c3nc(N)n3nc(-c5ccco5)nc43)CC2)cc1. The molecule has 1 aromatic carbocycles. The zero-order chi connectivity index (χ0) is 28.0. The van der Waals surface area contributed by atoms with E-state index in [0.717, 1.165) is 42.1 Å². The highest BCUT2D eigenvalue weighted by Gasteiger charge is 2.33. The molecule has 4 aromatic heterocycles. The van der Waals surface area contributed by atoms with Gasteiger partial charge in [-0.15, -0.1) is 5.10 Å². The van der Waals surface area contributed by atoms with Gasteiger partial charge >= 0.3 is 11.9 Å². The molecule has 0 saturated carbocycles. The number of halogens is 3. The van der Waals surface area contributed by atoms with E-state index in [2.05, 4.69) is 24.9 Å². The third-order valence-corrected chi connectivity index (χ3v) is 6.98. The molecule has 15 heteroatoms. The van der Waals surface area contributed by atoms with Gasteiger partial charge in [-0.3, -0.25) is 14.0 Å². The first-order valence-corrected chi connectivity index (χ1v) is 12.6. The summed E-state index contributed by atoms with van der Waals surface area (Å²) in [5.74, 6) is 1.08. The predicted molar refractivity (Wildman–Crippen MR) is 140 cm³/mol. The number of imidazole rings is 1. The van der Waals surface area contributed by atoms with E-state index in [4.69, 9.17) is 14.9 Å². The molecule has 1 aliphatic heterocycles. The van der Waals surface area contributed by atoms with Crippen LogP contribution in [0.1, 0.15) is 0 Å². The van der Waals surface area contributed by atoms with Gasteiger partial charge in [-0.1, -0.05) is 0 Å². The second kappa shape index (κ2) is 9.89. The first kappa shape index (κ1) is 25.7. The Morgan fingerprint density at radius 2 is 1.75 bits per heavy atom. The van der Waals surface area contributed by atoms with Crippen molar-refractivity contribution < 1.29 is 22.3 Å². The van der Waals surface area contributed by atoms with Gasteiger partial charge < -0.3 is 19.8 Å². The zero-order valence-corrected chi connectivity index (χ0v) is 21.5. The Balaban J connectivity index is 1.29. The monoisotopic (exact) mass is 557 g/mol. The average molecular weight is 558 g/mol. The van der Waals surface area contributed by atoms with Gasteiger partial charge in [0.25, 0.3) is 0 Å². The van der Waals surface area contributed by atoms with Gasteiger partial charge in [0.05, 0.1) is 13.4 Å². The molecule has 0 bridgehead atoms. The summed E-state index contributed by atoms with van der Waals surface area (Å²) >= 11 is 0. The molecule has 0 unspecified atom stereocenters. The summed E-state index contributed by atoms with van der Waals surface area (Å²) in [5, 5.41) is 4.24. The highest BCUT2D eigenvalue weighted by molar-refractivity contribution is 5.88. The number of hydrogen-bond donors (Lipinski definition) is 1. The van der Waals surface area contributed by atoms with E-state index in [-0.39, 0.29) is 35.1 Å². The Bertz CT molecular complexity index is 1700. The lowest BCUT2D eigenvalue weighted by Gasteiger charge is -2.36. The standard InChI is InChI=1S/C25H26F3N9O3/c1-39-17-6-4-16(5-7-17)34-11-8-33(9-12-34)10-13-35-21-19(36(24(35)38)15-25(26,27)28)22-30-20(18-3-2-14-40-18)32-37(22)23(29)31-21/h2-7,14H,8-13,15H2,1H3,(H2,29,31). The second-order valence-electron chi connectivity index (χ2n) is 9.45. The number of anilines is 2. The third-order valence-electron chi connectivity index (χ3n) is 6.98. The van der Waals surface area contributed by atoms with Crippen LogP contribution < -0.4 is 21.1 Å². The molecule has 1 aliphatic rings. The van der Waals surface area contributed by atoms with Crippen LogP contribution in [0, 0.1) is 0 Å². The molecule has 0 spiro atoms. The molecular weight excluding hydrogens is 531 g/mol. The fourth-order valence-electron chi connectivity index (χ4n) is 5.00. The van der Waals surface area contributed by atoms with E-state index in [0.29, 0.717) is 16.9 Å². The van der Waals surface area contributed by atoms with Gasteiger partial charge in [0, 0.05) is 45.0 Å². The molecule has 2 N–H and O–H groups in total. The molecule has 0 atom stereocenters. The maximum Gasteiger partial charge on any atom is 0.406 e. The van der Waals surface area contributed by atoms with Crippen LogP contribution in [0.15, 0.2) is 51.9 Å². The van der Waals surface area contributed by atoms with Crippen molar-refractivity contribution in [3.8, 4) is 17.3 Å². The Morgan fingerprint density at radius 1 is 1.00 bits per heavy atom. The molecule has 6 rings (SSSR count). The molecule has 5 heterocycles. The first-order valence-electron chi connectivity index (χ1n) is 12.6. The lowest BCUT2D eigenvalue weighted by atomic mass is 10.2. The van der Waals surface area contributed by atoms with Crippen LogP contribution in [0.4, 0.5) is 24.8 Å². The van der Waals surface area contributed by atoms with Crippen LogP contribution in [0.5, 0.6) is 5.75 Å². The van der Waals surface area contributed by atoms with Crippen molar-refractivity contribution in [1.29, 1.82) is 0 Å². The van der Waals surface area contributed by atoms with Gasteiger partial charge in [0.15, 0.2) is 17.1 Å². The van der Waals surface area contributed by atoms with E-state index in [1.807, 2.05) is 24.3 Å². The predicted octanol–water partition coefficient (Wildman–Crippen LogP) is 2.48. The summed E-state index contributed by atoms with van der Waals surface area (Å²) in [7, 11) is 1.62. The van der Waals surface area contributed by atoms with Crippen molar-refractivity contribution in [1.82, 2.24) is 33.6 Å².